The molecule has 1 aliphatic carbocycles. The van der Waals surface area contributed by atoms with Crippen LogP contribution in [0.2, 0.25) is 0 Å². The number of methoxy groups -OCH3 is 2. The molecule has 0 spiro atoms. The molecule has 2 aromatic rings. The minimum Gasteiger partial charge on any atom is -0.497 e. The highest BCUT2D eigenvalue weighted by molar-refractivity contribution is 5.77. The second kappa shape index (κ2) is 7.81. The van der Waals surface area contributed by atoms with Crippen LogP contribution < -0.4 is 9.47 Å². The molecule has 1 amide bonds. The van der Waals surface area contributed by atoms with Crippen LogP contribution >= 0.6 is 0 Å². The first-order valence-corrected chi connectivity index (χ1v) is 8.95. The Morgan fingerprint density at radius 3 is 2.62 bits per heavy atom. The first-order valence-electron chi connectivity index (χ1n) is 8.95. The second-order valence-electron chi connectivity index (χ2n) is 6.73. The molecule has 6 heteroatoms. The molecule has 0 atom stereocenters. The quantitative estimate of drug-likeness (QED) is 0.723. The number of hydrogen-bond acceptors (Lipinski definition) is 5. The van der Waals surface area contributed by atoms with Gasteiger partial charge in [-0.1, -0.05) is 5.16 Å². The molecule has 6 nitrogen and oxygen atoms in total. The summed E-state index contributed by atoms with van der Waals surface area (Å²) in [5.41, 5.74) is 2.86. The van der Waals surface area contributed by atoms with Gasteiger partial charge in [0.15, 0.2) is 0 Å². The number of carbonyl (C=O) groups is 1. The first-order chi connectivity index (χ1) is 12.5. The van der Waals surface area contributed by atoms with Gasteiger partial charge in [-0.2, -0.15) is 0 Å². The van der Waals surface area contributed by atoms with E-state index in [4.69, 9.17) is 14.0 Å². The van der Waals surface area contributed by atoms with Crippen LogP contribution in [-0.4, -0.2) is 36.2 Å². The molecule has 1 aromatic heterocycles. The minimum atomic E-state index is 0.150. The highest BCUT2D eigenvalue weighted by Crippen LogP contribution is 2.32. The van der Waals surface area contributed by atoms with E-state index in [-0.39, 0.29) is 5.91 Å². The molecule has 0 unspecified atom stereocenters. The Balaban J connectivity index is 1.72. The molecule has 0 radical (unpaired) electrons. The van der Waals surface area contributed by atoms with Crippen molar-refractivity contribution in [1.82, 2.24) is 10.1 Å². The van der Waals surface area contributed by atoms with E-state index >= 15 is 0 Å². The maximum absolute atomic E-state index is 12.9. The summed E-state index contributed by atoms with van der Waals surface area (Å²) in [5, 5.41) is 3.97. The van der Waals surface area contributed by atoms with Crippen molar-refractivity contribution in [3.8, 4) is 11.5 Å². The standard InChI is InChI=1S/C20H26N2O4/c1-13-18(14(2)26-21-13)8-10-20(23)22(16-5-6-16)12-15-11-17(24-3)7-9-19(15)25-4/h7,9,11,16H,5-6,8,10,12H2,1-4H3. The van der Waals surface area contributed by atoms with Crippen molar-refractivity contribution in [3.63, 3.8) is 0 Å². The van der Waals surface area contributed by atoms with E-state index in [1.54, 1.807) is 14.2 Å². The summed E-state index contributed by atoms with van der Waals surface area (Å²) < 4.78 is 16.0. The zero-order valence-electron chi connectivity index (χ0n) is 15.9. The molecule has 1 aromatic carbocycles. The third kappa shape index (κ3) is 4.00. The van der Waals surface area contributed by atoms with Crippen molar-refractivity contribution in [2.45, 2.75) is 52.1 Å². The molecule has 1 saturated carbocycles. The summed E-state index contributed by atoms with van der Waals surface area (Å²) >= 11 is 0. The van der Waals surface area contributed by atoms with Crippen molar-refractivity contribution in [2.24, 2.45) is 0 Å². The molecular weight excluding hydrogens is 332 g/mol. The maximum Gasteiger partial charge on any atom is 0.223 e. The number of hydrogen-bond donors (Lipinski definition) is 0. The van der Waals surface area contributed by atoms with Crippen molar-refractivity contribution in [2.75, 3.05) is 14.2 Å². The Bertz CT molecular complexity index is 761. The summed E-state index contributed by atoms with van der Waals surface area (Å²) in [5.74, 6) is 2.48. The van der Waals surface area contributed by atoms with Crippen LogP contribution in [0.3, 0.4) is 0 Å². The van der Waals surface area contributed by atoms with E-state index < -0.39 is 0 Å². The average Bonchev–Trinajstić information content (AvgIpc) is 3.43. The second-order valence-corrected chi connectivity index (χ2v) is 6.73. The Kier molecular flexibility index (Phi) is 5.49. The normalized spacial score (nSPS) is 13.5. The van der Waals surface area contributed by atoms with Gasteiger partial charge in [0.25, 0.3) is 0 Å². The van der Waals surface area contributed by atoms with Crippen LogP contribution in [0.5, 0.6) is 11.5 Å². The SMILES string of the molecule is COc1ccc(OC)c(CN(C(=O)CCc2c(C)noc2C)C2CC2)c1. The number of amides is 1. The van der Waals surface area contributed by atoms with Crippen LogP contribution in [0.1, 0.15) is 41.8 Å². The topological polar surface area (TPSA) is 64.8 Å². The molecule has 1 fully saturated rings. The third-order valence-corrected chi connectivity index (χ3v) is 4.91. The van der Waals surface area contributed by atoms with Gasteiger partial charge in [-0.05, 0) is 51.3 Å². The summed E-state index contributed by atoms with van der Waals surface area (Å²) in [6, 6.07) is 6.01. The minimum absolute atomic E-state index is 0.150. The number of aryl methyl sites for hydroxylation is 2. The number of carbonyl (C=O) groups excluding carboxylic acids is 1. The van der Waals surface area contributed by atoms with Gasteiger partial charge in [0.05, 0.1) is 19.9 Å². The maximum atomic E-state index is 12.9. The van der Waals surface area contributed by atoms with Crippen LogP contribution in [0.4, 0.5) is 0 Å². The molecule has 1 aliphatic rings. The lowest BCUT2D eigenvalue weighted by atomic mass is 10.1. The van der Waals surface area contributed by atoms with Gasteiger partial charge >= 0.3 is 0 Å². The monoisotopic (exact) mass is 358 g/mol. The van der Waals surface area contributed by atoms with Crippen LogP contribution in [0.25, 0.3) is 0 Å². The van der Waals surface area contributed by atoms with Gasteiger partial charge in [-0.15, -0.1) is 0 Å². The zero-order valence-corrected chi connectivity index (χ0v) is 15.9. The largest absolute Gasteiger partial charge is 0.497 e. The van der Waals surface area contributed by atoms with Gasteiger partial charge < -0.3 is 18.9 Å². The highest BCUT2D eigenvalue weighted by Gasteiger charge is 2.33. The molecule has 3 rings (SSSR count). The summed E-state index contributed by atoms with van der Waals surface area (Å²) in [6.45, 7) is 4.33. The number of benzene rings is 1. The lowest BCUT2D eigenvalue weighted by molar-refractivity contribution is -0.132. The fourth-order valence-corrected chi connectivity index (χ4v) is 3.23. The lowest BCUT2D eigenvalue weighted by Gasteiger charge is -2.24. The molecule has 0 bridgehead atoms. The Morgan fingerprint density at radius 1 is 1.27 bits per heavy atom. The Labute approximate surface area is 154 Å². The predicted octanol–water partition coefficient (Wildman–Crippen LogP) is 3.43. The molecule has 1 heterocycles. The van der Waals surface area contributed by atoms with Crippen molar-refractivity contribution < 1.29 is 18.8 Å². The van der Waals surface area contributed by atoms with Crippen molar-refractivity contribution in [1.29, 1.82) is 0 Å². The highest BCUT2D eigenvalue weighted by atomic mass is 16.5. The summed E-state index contributed by atoms with van der Waals surface area (Å²) in [6.07, 6.45) is 3.22. The van der Waals surface area contributed by atoms with Gasteiger partial charge in [-0.3, -0.25) is 4.79 Å². The van der Waals surface area contributed by atoms with E-state index in [1.165, 1.54) is 0 Å². The van der Waals surface area contributed by atoms with E-state index in [9.17, 15) is 4.79 Å². The van der Waals surface area contributed by atoms with E-state index in [0.717, 1.165) is 46.9 Å². The molecule has 0 saturated heterocycles. The zero-order chi connectivity index (χ0) is 18.7. The number of aromatic nitrogens is 1. The number of nitrogens with zero attached hydrogens (tertiary/aromatic N) is 2. The van der Waals surface area contributed by atoms with Crippen molar-refractivity contribution >= 4 is 5.91 Å². The number of ether oxygens (including phenoxy) is 2. The van der Waals surface area contributed by atoms with E-state index in [2.05, 4.69) is 5.16 Å². The van der Waals surface area contributed by atoms with Gasteiger partial charge in [0, 0.05) is 30.1 Å². The van der Waals surface area contributed by atoms with Gasteiger partial charge in [0.1, 0.15) is 17.3 Å². The Hall–Kier alpha value is -2.50. The number of rotatable bonds is 8. The first kappa shape index (κ1) is 18.3. The molecule has 26 heavy (non-hydrogen) atoms. The fourth-order valence-electron chi connectivity index (χ4n) is 3.23. The predicted molar refractivity (Wildman–Crippen MR) is 97.4 cm³/mol. The lowest BCUT2D eigenvalue weighted by Crippen LogP contribution is -2.33. The van der Waals surface area contributed by atoms with Gasteiger partial charge in [0.2, 0.25) is 5.91 Å². The van der Waals surface area contributed by atoms with Crippen LogP contribution in [0, 0.1) is 13.8 Å². The summed E-state index contributed by atoms with van der Waals surface area (Å²) in [4.78, 5) is 14.9. The van der Waals surface area contributed by atoms with E-state index in [0.29, 0.717) is 25.4 Å². The Morgan fingerprint density at radius 2 is 2.04 bits per heavy atom. The smallest absolute Gasteiger partial charge is 0.223 e. The summed E-state index contributed by atoms with van der Waals surface area (Å²) in [7, 11) is 3.28. The van der Waals surface area contributed by atoms with E-state index in [1.807, 2.05) is 36.9 Å². The van der Waals surface area contributed by atoms with Gasteiger partial charge in [-0.25, -0.2) is 0 Å². The molecule has 0 N–H and O–H groups in total. The average molecular weight is 358 g/mol. The van der Waals surface area contributed by atoms with Crippen molar-refractivity contribution in [3.05, 3.63) is 40.8 Å². The fraction of sp³-hybridized carbons (Fsp3) is 0.500. The molecule has 0 aliphatic heterocycles. The third-order valence-electron chi connectivity index (χ3n) is 4.91. The molecular formula is C20H26N2O4. The van der Waals surface area contributed by atoms with Crippen LogP contribution in [-0.2, 0) is 17.8 Å². The molecule has 140 valence electrons. The van der Waals surface area contributed by atoms with Crippen LogP contribution in [0.15, 0.2) is 22.7 Å².